The molecule has 0 saturated carbocycles. The molecule has 1 aromatic carbocycles. The first-order chi connectivity index (χ1) is 10.3. The number of carbonyl (C=O) groups excluding carboxylic acids is 1. The van der Waals surface area contributed by atoms with Gasteiger partial charge in [-0.15, -0.1) is 0 Å². The number of fused-ring (bicyclic) bond motifs is 1. The van der Waals surface area contributed by atoms with Crippen LogP contribution in [-0.2, 0) is 11.2 Å². The lowest BCUT2D eigenvalue weighted by atomic mass is 10.1. The van der Waals surface area contributed by atoms with Crippen LogP contribution in [0.15, 0.2) is 47.1 Å². The zero-order valence-corrected chi connectivity index (χ0v) is 11.4. The van der Waals surface area contributed by atoms with Crippen LogP contribution in [0, 0.1) is 0 Å². The average Bonchev–Trinajstić information content (AvgIpc) is 2.91. The van der Waals surface area contributed by atoms with Crippen LogP contribution in [0.25, 0.3) is 11.0 Å². The quantitative estimate of drug-likeness (QED) is 0.795. The number of hydrogen-bond donors (Lipinski definition) is 1. The Kier molecular flexibility index (Phi) is 3.51. The summed E-state index contributed by atoms with van der Waals surface area (Å²) in [6, 6.07) is 10.9. The predicted octanol–water partition coefficient (Wildman–Crippen LogP) is 2.41. The highest BCUT2D eigenvalue weighted by atomic mass is 16.5. The number of nitrogens with zero attached hydrogens (tertiary/aromatic N) is 2. The molecule has 106 valence electrons. The molecule has 0 fully saturated rings. The van der Waals surface area contributed by atoms with E-state index in [4.69, 9.17) is 9.26 Å². The molecule has 0 saturated heterocycles. The number of nitrogens with one attached hydrogen (secondary N) is 1. The molecular weight excluding hydrogens is 270 g/mol. The first-order valence-electron chi connectivity index (χ1n) is 6.40. The number of hydrogen-bond acceptors (Lipinski definition) is 5. The van der Waals surface area contributed by atoms with Gasteiger partial charge in [-0.1, -0.05) is 17.3 Å². The molecule has 6 nitrogen and oxygen atoms in total. The predicted molar refractivity (Wildman–Crippen MR) is 77.1 cm³/mol. The molecule has 3 aromatic rings. The summed E-state index contributed by atoms with van der Waals surface area (Å²) in [5, 5.41) is 7.47. The molecule has 0 aliphatic carbocycles. The van der Waals surface area contributed by atoms with Crippen molar-refractivity contribution in [3.8, 4) is 5.75 Å². The van der Waals surface area contributed by atoms with Crippen molar-refractivity contribution in [1.29, 1.82) is 0 Å². The van der Waals surface area contributed by atoms with Gasteiger partial charge in [-0.3, -0.25) is 4.79 Å². The maximum atomic E-state index is 12.1. The van der Waals surface area contributed by atoms with Gasteiger partial charge in [-0.25, -0.2) is 4.98 Å². The summed E-state index contributed by atoms with van der Waals surface area (Å²) in [6.45, 7) is 0. The summed E-state index contributed by atoms with van der Waals surface area (Å²) < 4.78 is 10.3. The smallest absolute Gasteiger partial charge is 0.231 e. The number of ether oxygens (including phenoxy) is 1. The maximum Gasteiger partial charge on any atom is 0.231 e. The van der Waals surface area contributed by atoms with Gasteiger partial charge < -0.3 is 14.6 Å². The van der Waals surface area contributed by atoms with Crippen molar-refractivity contribution < 1.29 is 14.1 Å². The van der Waals surface area contributed by atoms with Crippen LogP contribution in [0.3, 0.4) is 0 Å². The third kappa shape index (κ3) is 2.69. The molecule has 21 heavy (non-hydrogen) atoms. The largest absolute Gasteiger partial charge is 0.493 e. The number of benzene rings is 1. The fourth-order valence-corrected chi connectivity index (χ4v) is 2.04. The highest BCUT2D eigenvalue weighted by molar-refractivity contribution is 5.94. The van der Waals surface area contributed by atoms with Crippen molar-refractivity contribution in [2.24, 2.45) is 0 Å². The molecule has 0 atom stereocenters. The molecule has 2 aromatic heterocycles. The van der Waals surface area contributed by atoms with Crippen molar-refractivity contribution in [2.75, 3.05) is 12.4 Å². The van der Waals surface area contributed by atoms with E-state index in [2.05, 4.69) is 15.5 Å². The Labute approximate surface area is 120 Å². The molecular formula is C15H13N3O3. The topological polar surface area (TPSA) is 77.2 Å². The standard InChI is InChI=1S/C15H13N3O3/c1-20-13-7-4-8-16-15(13)17-14(19)9-11-10-5-2-3-6-12(10)21-18-11/h2-8H,9H2,1H3,(H,16,17,19). The Morgan fingerprint density at radius 3 is 3.00 bits per heavy atom. The SMILES string of the molecule is COc1cccnc1NC(=O)Cc1noc2ccccc12. The fourth-order valence-electron chi connectivity index (χ4n) is 2.04. The van der Waals surface area contributed by atoms with Gasteiger partial charge in [0.05, 0.1) is 13.5 Å². The van der Waals surface area contributed by atoms with Gasteiger partial charge >= 0.3 is 0 Å². The summed E-state index contributed by atoms with van der Waals surface area (Å²) in [6.07, 6.45) is 1.69. The van der Waals surface area contributed by atoms with Crippen LogP contribution >= 0.6 is 0 Å². The lowest BCUT2D eigenvalue weighted by molar-refractivity contribution is -0.115. The van der Waals surface area contributed by atoms with Crippen LogP contribution in [0.1, 0.15) is 5.69 Å². The summed E-state index contributed by atoms with van der Waals surface area (Å²) in [5.74, 6) is 0.666. The minimum atomic E-state index is -0.231. The van der Waals surface area contributed by atoms with Crippen molar-refractivity contribution in [3.05, 3.63) is 48.3 Å². The number of carbonyl (C=O) groups is 1. The number of methoxy groups -OCH3 is 1. The minimum absolute atomic E-state index is 0.108. The second kappa shape index (κ2) is 5.62. The Balaban J connectivity index is 1.77. The first kappa shape index (κ1) is 13.1. The molecule has 0 spiro atoms. The molecule has 1 amide bonds. The number of para-hydroxylation sites is 1. The van der Waals surface area contributed by atoms with Gasteiger partial charge in [-0.2, -0.15) is 0 Å². The van der Waals surface area contributed by atoms with E-state index in [0.29, 0.717) is 22.8 Å². The second-order valence-electron chi connectivity index (χ2n) is 4.40. The summed E-state index contributed by atoms with van der Waals surface area (Å²) >= 11 is 0. The van der Waals surface area contributed by atoms with E-state index in [1.165, 1.54) is 7.11 Å². The lowest BCUT2D eigenvalue weighted by Gasteiger charge is -2.07. The molecule has 0 radical (unpaired) electrons. The molecule has 0 unspecified atom stereocenters. The number of rotatable bonds is 4. The van der Waals surface area contributed by atoms with E-state index in [0.717, 1.165) is 5.39 Å². The maximum absolute atomic E-state index is 12.1. The zero-order valence-electron chi connectivity index (χ0n) is 11.4. The second-order valence-corrected chi connectivity index (χ2v) is 4.40. The Bertz CT molecular complexity index is 782. The number of anilines is 1. The van der Waals surface area contributed by atoms with Crippen LogP contribution in [0.5, 0.6) is 5.75 Å². The Hall–Kier alpha value is -2.89. The minimum Gasteiger partial charge on any atom is -0.493 e. The zero-order chi connectivity index (χ0) is 14.7. The van der Waals surface area contributed by atoms with Crippen molar-refractivity contribution in [1.82, 2.24) is 10.1 Å². The van der Waals surface area contributed by atoms with Crippen molar-refractivity contribution in [2.45, 2.75) is 6.42 Å². The van der Waals surface area contributed by atoms with Crippen molar-refractivity contribution >= 4 is 22.7 Å². The fraction of sp³-hybridized carbons (Fsp3) is 0.133. The van der Waals surface area contributed by atoms with Gasteiger partial charge in [0.25, 0.3) is 0 Å². The van der Waals surface area contributed by atoms with Gasteiger partial charge in [0.1, 0.15) is 5.69 Å². The molecule has 1 N–H and O–H groups in total. The third-order valence-electron chi connectivity index (χ3n) is 3.03. The first-order valence-corrected chi connectivity index (χ1v) is 6.40. The molecule has 0 bridgehead atoms. The molecule has 6 heteroatoms. The third-order valence-corrected chi connectivity index (χ3v) is 3.03. The van der Waals surface area contributed by atoms with Gasteiger partial charge in [0, 0.05) is 11.6 Å². The molecule has 0 aliphatic heterocycles. The van der Waals surface area contributed by atoms with E-state index in [9.17, 15) is 4.79 Å². The highest BCUT2D eigenvalue weighted by Gasteiger charge is 2.14. The molecule has 3 rings (SSSR count). The van der Waals surface area contributed by atoms with Crippen LogP contribution in [0.4, 0.5) is 5.82 Å². The van der Waals surface area contributed by atoms with E-state index in [-0.39, 0.29) is 12.3 Å². The summed E-state index contributed by atoms with van der Waals surface area (Å²) in [5.41, 5.74) is 1.26. The van der Waals surface area contributed by atoms with Gasteiger partial charge in [0.15, 0.2) is 17.2 Å². The number of amides is 1. The van der Waals surface area contributed by atoms with Gasteiger partial charge in [0.2, 0.25) is 5.91 Å². The Morgan fingerprint density at radius 1 is 1.29 bits per heavy atom. The number of pyridine rings is 1. The van der Waals surface area contributed by atoms with Gasteiger partial charge in [-0.05, 0) is 24.3 Å². The van der Waals surface area contributed by atoms with E-state index in [1.54, 1.807) is 18.3 Å². The highest BCUT2D eigenvalue weighted by Crippen LogP contribution is 2.21. The van der Waals surface area contributed by atoms with E-state index >= 15 is 0 Å². The van der Waals surface area contributed by atoms with Crippen LogP contribution in [0.2, 0.25) is 0 Å². The summed E-state index contributed by atoms with van der Waals surface area (Å²) in [4.78, 5) is 16.2. The van der Waals surface area contributed by atoms with E-state index < -0.39 is 0 Å². The van der Waals surface area contributed by atoms with Crippen LogP contribution < -0.4 is 10.1 Å². The summed E-state index contributed by atoms with van der Waals surface area (Å²) in [7, 11) is 1.53. The normalized spacial score (nSPS) is 10.5. The molecule has 0 aliphatic rings. The van der Waals surface area contributed by atoms with Crippen LogP contribution in [-0.4, -0.2) is 23.2 Å². The van der Waals surface area contributed by atoms with E-state index in [1.807, 2.05) is 24.3 Å². The molecule has 2 heterocycles. The monoisotopic (exact) mass is 283 g/mol. The average molecular weight is 283 g/mol. The Morgan fingerprint density at radius 2 is 2.14 bits per heavy atom. The van der Waals surface area contributed by atoms with Crippen molar-refractivity contribution in [3.63, 3.8) is 0 Å². The lowest BCUT2D eigenvalue weighted by Crippen LogP contribution is -2.16. The number of aromatic nitrogens is 2.